The third-order valence-electron chi connectivity index (χ3n) is 4.16. The third kappa shape index (κ3) is 4.27. The summed E-state index contributed by atoms with van der Waals surface area (Å²) in [7, 11) is 0. The summed E-state index contributed by atoms with van der Waals surface area (Å²) in [5.41, 5.74) is 0.163. The van der Waals surface area contributed by atoms with E-state index in [1.54, 1.807) is 6.33 Å². The lowest BCUT2D eigenvalue weighted by atomic mass is 9.94. The van der Waals surface area contributed by atoms with Crippen LogP contribution in [0.4, 0.5) is 0 Å². The van der Waals surface area contributed by atoms with Gasteiger partial charge >= 0.3 is 0 Å². The molecule has 0 aromatic carbocycles. The van der Waals surface area contributed by atoms with Crippen LogP contribution >= 0.6 is 0 Å². The zero-order chi connectivity index (χ0) is 15.6. The molecule has 2 rings (SSSR count). The van der Waals surface area contributed by atoms with Gasteiger partial charge in [0.05, 0.1) is 6.54 Å². The Hall–Kier alpha value is -0.940. The molecule has 1 aromatic heterocycles. The van der Waals surface area contributed by atoms with Gasteiger partial charge in [0.2, 0.25) is 0 Å². The molecule has 5 nitrogen and oxygen atoms in total. The van der Waals surface area contributed by atoms with Crippen molar-refractivity contribution in [1.82, 2.24) is 25.0 Å². The molecule has 0 amide bonds. The molecule has 1 aliphatic rings. The van der Waals surface area contributed by atoms with E-state index in [1.807, 2.05) is 4.68 Å². The Balaban J connectivity index is 2.13. The summed E-state index contributed by atoms with van der Waals surface area (Å²) in [5.74, 6) is 1.79. The maximum atomic E-state index is 4.48. The largest absolute Gasteiger partial charge is 0.309 e. The summed E-state index contributed by atoms with van der Waals surface area (Å²) in [6.07, 6.45) is 2.90. The minimum absolute atomic E-state index is 0.163. The molecule has 0 radical (unpaired) electrons. The van der Waals surface area contributed by atoms with Crippen LogP contribution in [0.3, 0.4) is 0 Å². The SMILES string of the molecule is CC(C)CC1CNC(C)(C)CN1Cc1ncnn1C(C)C. The first-order chi connectivity index (χ1) is 9.78. The lowest BCUT2D eigenvalue weighted by Gasteiger charge is -2.45. The number of hydrogen-bond donors (Lipinski definition) is 1. The zero-order valence-electron chi connectivity index (χ0n) is 14.4. The molecule has 2 heterocycles. The number of hydrogen-bond acceptors (Lipinski definition) is 4. The summed E-state index contributed by atoms with van der Waals surface area (Å²) >= 11 is 0. The van der Waals surface area contributed by atoms with Crippen molar-refractivity contribution in [3.05, 3.63) is 12.2 Å². The zero-order valence-corrected chi connectivity index (χ0v) is 14.4. The second-order valence-electron chi connectivity index (χ2n) is 7.67. The molecule has 1 atom stereocenters. The van der Waals surface area contributed by atoms with E-state index in [0.717, 1.165) is 25.5 Å². The van der Waals surface area contributed by atoms with E-state index in [2.05, 4.69) is 61.8 Å². The number of piperazine rings is 1. The van der Waals surface area contributed by atoms with E-state index in [9.17, 15) is 0 Å². The normalized spacial score (nSPS) is 23.1. The van der Waals surface area contributed by atoms with E-state index in [0.29, 0.717) is 18.0 Å². The van der Waals surface area contributed by atoms with Gasteiger partial charge in [-0.05, 0) is 40.0 Å². The molecule has 1 fully saturated rings. The van der Waals surface area contributed by atoms with Gasteiger partial charge in [0.15, 0.2) is 0 Å². The van der Waals surface area contributed by atoms with Crippen molar-refractivity contribution < 1.29 is 0 Å². The van der Waals surface area contributed by atoms with Gasteiger partial charge in [0, 0.05) is 30.7 Å². The van der Waals surface area contributed by atoms with Gasteiger partial charge < -0.3 is 5.32 Å². The van der Waals surface area contributed by atoms with Gasteiger partial charge in [-0.1, -0.05) is 13.8 Å². The quantitative estimate of drug-likeness (QED) is 0.906. The molecule has 0 aliphatic carbocycles. The van der Waals surface area contributed by atoms with E-state index in [-0.39, 0.29) is 5.54 Å². The number of nitrogens with one attached hydrogen (secondary N) is 1. The van der Waals surface area contributed by atoms with E-state index in [1.165, 1.54) is 6.42 Å². The minimum Gasteiger partial charge on any atom is -0.309 e. The van der Waals surface area contributed by atoms with E-state index < -0.39 is 0 Å². The van der Waals surface area contributed by atoms with Crippen LogP contribution in [0.25, 0.3) is 0 Å². The van der Waals surface area contributed by atoms with Crippen molar-refractivity contribution in [2.24, 2.45) is 5.92 Å². The fraction of sp³-hybridized carbons (Fsp3) is 0.875. The van der Waals surface area contributed by atoms with Crippen molar-refractivity contribution in [2.75, 3.05) is 13.1 Å². The van der Waals surface area contributed by atoms with Gasteiger partial charge in [-0.3, -0.25) is 4.90 Å². The second-order valence-corrected chi connectivity index (χ2v) is 7.67. The summed E-state index contributed by atoms with van der Waals surface area (Å²) < 4.78 is 2.04. The van der Waals surface area contributed by atoms with Gasteiger partial charge in [-0.15, -0.1) is 0 Å². The van der Waals surface area contributed by atoms with E-state index in [4.69, 9.17) is 0 Å². The van der Waals surface area contributed by atoms with Crippen LogP contribution in [0.2, 0.25) is 0 Å². The minimum atomic E-state index is 0.163. The molecule has 1 saturated heterocycles. The molecular formula is C16H31N5. The predicted molar refractivity (Wildman–Crippen MR) is 86.1 cm³/mol. The highest BCUT2D eigenvalue weighted by Gasteiger charge is 2.33. The molecular weight excluding hydrogens is 262 g/mol. The molecule has 1 N–H and O–H groups in total. The Morgan fingerprint density at radius 3 is 2.67 bits per heavy atom. The maximum absolute atomic E-state index is 4.48. The Morgan fingerprint density at radius 1 is 1.33 bits per heavy atom. The van der Waals surface area contributed by atoms with Crippen LogP contribution in [0, 0.1) is 5.92 Å². The first-order valence-electron chi connectivity index (χ1n) is 8.16. The number of aromatic nitrogens is 3. The van der Waals surface area contributed by atoms with Crippen LogP contribution in [0.15, 0.2) is 6.33 Å². The highest BCUT2D eigenvalue weighted by molar-refractivity contribution is 4.96. The van der Waals surface area contributed by atoms with Crippen LogP contribution in [-0.2, 0) is 6.54 Å². The maximum Gasteiger partial charge on any atom is 0.141 e. The average molecular weight is 293 g/mol. The molecule has 21 heavy (non-hydrogen) atoms. The first kappa shape index (κ1) is 16.4. The average Bonchev–Trinajstić information content (AvgIpc) is 2.80. The molecule has 1 aromatic rings. The third-order valence-corrected chi connectivity index (χ3v) is 4.16. The summed E-state index contributed by atoms with van der Waals surface area (Å²) in [6, 6.07) is 0.942. The standard InChI is InChI=1S/C16H31N5/c1-12(2)7-14-8-18-16(5,6)10-20(14)9-15-17-11-19-21(15)13(3)4/h11-14,18H,7-10H2,1-6H3. The van der Waals surface area contributed by atoms with Crippen LogP contribution in [0.1, 0.15) is 59.8 Å². The molecule has 1 unspecified atom stereocenters. The van der Waals surface area contributed by atoms with E-state index >= 15 is 0 Å². The Labute approximate surface area is 129 Å². The van der Waals surface area contributed by atoms with Crippen molar-refractivity contribution in [3.8, 4) is 0 Å². The molecule has 5 heteroatoms. The van der Waals surface area contributed by atoms with Crippen molar-refractivity contribution in [1.29, 1.82) is 0 Å². The highest BCUT2D eigenvalue weighted by atomic mass is 15.4. The van der Waals surface area contributed by atoms with Crippen LogP contribution in [0.5, 0.6) is 0 Å². The van der Waals surface area contributed by atoms with Crippen molar-refractivity contribution in [2.45, 2.75) is 72.1 Å². The predicted octanol–water partition coefficient (Wildman–Crippen LogP) is 2.46. The summed E-state index contributed by atoms with van der Waals surface area (Å²) in [5, 5.41) is 8.04. The molecule has 0 bridgehead atoms. The van der Waals surface area contributed by atoms with Crippen LogP contribution in [-0.4, -0.2) is 44.3 Å². The Bertz CT molecular complexity index is 449. The lowest BCUT2D eigenvalue weighted by molar-refractivity contribution is 0.0720. The lowest BCUT2D eigenvalue weighted by Crippen LogP contribution is -2.61. The first-order valence-corrected chi connectivity index (χ1v) is 8.16. The molecule has 120 valence electrons. The number of rotatable bonds is 5. The second kappa shape index (κ2) is 6.44. The number of nitrogens with zero attached hydrogens (tertiary/aromatic N) is 4. The molecule has 0 saturated carbocycles. The smallest absolute Gasteiger partial charge is 0.141 e. The Morgan fingerprint density at radius 2 is 2.05 bits per heavy atom. The van der Waals surface area contributed by atoms with Gasteiger partial charge in [0.1, 0.15) is 12.2 Å². The monoisotopic (exact) mass is 293 g/mol. The van der Waals surface area contributed by atoms with Crippen molar-refractivity contribution in [3.63, 3.8) is 0 Å². The summed E-state index contributed by atoms with van der Waals surface area (Å²) in [6.45, 7) is 16.5. The van der Waals surface area contributed by atoms with Gasteiger partial charge in [0.25, 0.3) is 0 Å². The fourth-order valence-corrected chi connectivity index (χ4v) is 3.18. The van der Waals surface area contributed by atoms with Gasteiger partial charge in [-0.2, -0.15) is 5.10 Å². The topological polar surface area (TPSA) is 46.0 Å². The van der Waals surface area contributed by atoms with Crippen molar-refractivity contribution >= 4 is 0 Å². The molecule has 1 aliphatic heterocycles. The van der Waals surface area contributed by atoms with Gasteiger partial charge in [-0.25, -0.2) is 9.67 Å². The highest BCUT2D eigenvalue weighted by Crippen LogP contribution is 2.22. The van der Waals surface area contributed by atoms with Crippen LogP contribution < -0.4 is 5.32 Å². The molecule has 0 spiro atoms. The fourth-order valence-electron chi connectivity index (χ4n) is 3.18. The Kier molecular flexibility index (Phi) is 5.04. The summed E-state index contributed by atoms with van der Waals surface area (Å²) in [4.78, 5) is 7.07.